The lowest BCUT2D eigenvalue weighted by molar-refractivity contribution is 0.307. The van der Waals surface area contributed by atoms with Crippen LogP contribution in [0.5, 0.6) is 0 Å². The average molecular weight is 273 g/mol. The first kappa shape index (κ1) is 15.6. The van der Waals surface area contributed by atoms with E-state index in [4.69, 9.17) is 0 Å². The van der Waals surface area contributed by atoms with Crippen molar-refractivity contribution in [2.24, 2.45) is 11.8 Å². The maximum Gasteiger partial charge on any atom is 0.0343 e. The molecule has 1 aromatic carbocycles. The predicted octanol–water partition coefficient (Wildman–Crippen LogP) is 5.12. The fourth-order valence-electron chi connectivity index (χ4n) is 3.38. The second kappa shape index (κ2) is 7.83. The molecule has 0 spiro atoms. The van der Waals surface area contributed by atoms with E-state index in [0.717, 1.165) is 12.3 Å². The van der Waals surface area contributed by atoms with Gasteiger partial charge in [-0.2, -0.15) is 0 Å². The van der Waals surface area contributed by atoms with E-state index >= 15 is 0 Å². The Hall–Kier alpha value is -0.820. The van der Waals surface area contributed by atoms with Gasteiger partial charge in [-0.05, 0) is 48.8 Å². The van der Waals surface area contributed by atoms with Crippen LogP contribution in [-0.2, 0) is 6.42 Å². The Balaban J connectivity index is 1.94. The van der Waals surface area contributed by atoms with Gasteiger partial charge >= 0.3 is 0 Å². The maximum atomic E-state index is 3.84. The summed E-state index contributed by atoms with van der Waals surface area (Å²) in [6, 6.07) is 9.71. The highest BCUT2D eigenvalue weighted by molar-refractivity contribution is 5.25. The van der Waals surface area contributed by atoms with Crippen LogP contribution in [0.4, 0.5) is 0 Å². The molecule has 1 unspecified atom stereocenters. The molecule has 1 aliphatic rings. The van der Waals surface area contributed by atoms with Gasteiger partial charge < -0.3 is 5.32 Å². The molecular weight excluding hydrogens is 242 g/mol. The number of aryl methyl sites for hydroxylation is 1. The van der Waals surface area contributed by atoms with E-state index in [1.165, 1.54) is 49.8 Å². The largest absolute Gasteiger partial charge is 0.309 e. The Bertz CT molecular complexity index is 373. The van der Waals surface area contributed by atoms with Crippen molar-refractivity contribution in [2.45, 2.75) is 65.3 Å². The minimum Gasteiger partial charge on any atom is -0.309 e. The molecule has 0 aromatic heterocycles. The molecule has 1 nitrogen and oxygen atoms in total. The molecule has 1 heteroatoms. The summed E-state index contributed by atoms with van der Waals surface area (Å²) >= 11 is 0. The molecule has 0 bridgehead atoms. The van der Waals surface area contributed by atoms with Crippen molar-refractivity contribution in [2.75, 3.05) is 6.54 Å². The third-order valence-corrected chi connectivity index (χ3v) is 4.76. The third kappa shape index (κ3) is 4.34. The van der Waals surface area contributed by atoms with Crippen molar-refractivity contribution in [1.29, 1.82) is 0 Å². The molecule has 1 N–H and O–H groups in total. The van der Waals surface area contributed by atoms with Crippen molar-refractivity contribution >= 4 is 0 Å². The van der Waals surface area contributed by atoms with E-state index in [1.807, 2.05) is 0 Å². The zero-order chi connectivity index (χ0) is 14.4. The van der Waals surface area contributed by atoms with Crippen molar-refractivity contribution in [3.63, 3.8) is 0 Å². The van der Waals surface area contributed by atoms with Gasteiger partial charge in [0.1, 0.15) is 0 Å². The molecule has 112 valence electrons. The van der Waals surface area contributed by atoms with Gasteiger partial charge in [0.2, 0.25) is 0 Å². The fraction of sp³-hybridized carbons (Fsp3) is 0.684. The Morgan fingerprint density at radius 1 is 1.05 bits per heavy atom. The van der Waals surface area contributed by atoms with Crippen molar-refractivity contribution in [3.05, 3.63) is 35.4 Å². The van der Waals surface area contributed by atoms with Crippen LogP contribution < -0.4 is 5.32 Å². The lowest BCUT2D eigenvalue weighted by Gasteiger charge is -2.28. The van der Waals surface area contributed by atoms with Gasteiger partial charge in [-0.1, -0.05) is 64.3 Å². The Morgan fingerprint density at radius 3 is 2.25 bits per heavy atom. The summed E-state index contributed by atoms with van der Waals surface area (Å²) in [7, 11) is 0. The van der Waals surface area contributed by atoms with Gasteiger partial charge in [-0.15, -0.1) is 0 Å². The van der Waals surface area contributed by atoms with Crippen LogP contribution >= 0.6 is 0 Å². The SMILES string of the molecule is CCc1ccc(C(NCC2CCCCC2)C(C)C)cc1. The van der Waals surface area contributed by atoms with Crippen molar-refractivity contribution in [3.8, 4) is 0 Å². The summed E-state index contributed by atoms with van der Waals surface area (Å²) < 4.78 is 0. The second-order valence-electron chi connectivity index (χ2n) is 6.73. The zero-order valence-corrected chi connectivity index (χ0v) is 13.5. The summed E-state index contributed by atoms with van der Waals surface area (Å²) in [5.74, 6) is 1.55. The number of benzene rings is 1. The number of hydrogen-bond acceptors (Lipinski definition) is 1. The molecule has 20 heavy (non-hydrogen) atoms. The molecule has 1 atom stereocenters. The van der Waals surface area contributed by atoms with Crippen LogP contribution in [0.15, 0.2) is 24.3 Å². The molecule has 1 aromatic rings. The lowest BCUT2D eigenvalue weighted by Crippen LogP contribution is -2.31. The van der Waals surface area contributed by atoms with Crippen molar-refractivity contribution < 1.29 is 0 Å². The zero-order valence-electron chi connectivity index (χ0n) is 13.5. The molecular formula is C19H31N. The highest BCUT2D eigenvalue weighted by Gasteiger charge is 2.19. The average Bonchev–Trinajstić information content (AvgIpc) is 2.49. The van der Waals surface area contributed by atoms with E-state index in [1.54, 1.807) is 0 Å². The Labute approximate surface area is 125 Å². The van der Waals surface area contributed by atoms with Gasteiger partial charge in [-0.25, -0.2) is 0 Å². The summed E-state index contributed by atoms with van der Waals surface area (Å²) in [6.45, 7) is 8.06. The van der Waals surface area contributed by atoms with E-state index in [-0.39, 0.29) is 0 Å². The van der Waals surface area contributed by atoms with E-state index < -0.39 is 0 Å². The Morgan fingerprint density at radius 2 is 1.70 bits per heavy atom. The molecule has 1 fully saturated rings. The number of nitrogens with one attached hydrogen (secondary N) is 1. The van der Waals surface area contributed by atoms with Crippen LogP contribution in [0.2, 0.25) is 0 Å². The predicted molar refractivity (Wildman–Crippen MR) is 88.0 cm³/mol. The molecule has 0 aliphatic heterocycles. The van der Waals surface area contributed by atoms with Crippen LogP contribution in [0, 0.1) is 11.8 Å². The van der Waals surface area contributed by atoms with E-state index in [0.29, 0.717) is 12.0 Å². The minimum absolute atomic E-state index is 0.503. The standard InChI is InChI=1S/C19H31N/c1-4-16-10-12-18(13-11-16)19(15(2)3)20-14-17-8-6-5-7-9-17/h10-13,15,17,19-20H,4-9,14H2,1-3H3. The van der Waals surface area contributed by atoms with E-state index in [9.17, 15) is 0 Å². The summed E-state index contributed by atoms with van der Waals surface area (Å²) in [5.41, 5.74) is 2.89. The first-order chi connectivity index (χ1) is 9.70. The maximum absolute atomic E-state index is 3.84. The highest BCUT2D eigenvalue weighted by atomic mass is 14.9. The van der Waals surface area contributed by atoms with Gasteiger partial charge in [-0.3, -0.25) is 0 Å². The molecule has 0 amide bonds. The Kier molecular flexibility index (Phi) is 6.09. The second-order valence-corrected chi connectivity index (χ2v) is 6.73. The van der Waals surface area contributed by atoms with Crippen molar-refractivity contribution in [1.82, 2.24) is 5.32 Å². The normalized spacial score (nSPS) is 18.4. The molecule has 0 heterocycles. The molecule has 1 saturated carbocycles. The topological polar surface area (TPSA) is 12.0 Å². The van der Waals surface area contributed by atoms with Gasteiger partial charge in [0.15, 0.2) is 0 Å². The number of rotatable bonds is 6. The fourth-order valence-corrected chi connectivity index (χ4v) is 3.38. The third-order valence-electron chi connectivity index (χ3n) is 4.76. The molecule has 1 aliphatic carbocycles. The smallest absolute Gasteiger partial charge is 0.0343 e. The van der Waals surface area contributed by atoms with E-state index in [2.05, 4.69) is 50.4 Å². The first-order valence-corrected chi connectivity index (χ1v) is 8.53. The minimum atomic E-state index is 0.503. The quantitative estimate of drug-likeness (QED) is 0.759. The first-order valence-electron chi connectivity index (χ1n) is 8.53. The summed E-state index contributed by atoms with van der Waals surface area (Å²) in [5, 5.41) is 3.84. The molecule has 0 radical (unpaired) electrons. The van der Waals surface area contributed by atoms with Crippen LogP contribution in [0.3, 0.4) is 0 Å². The monoisotopic (exact) mass is 273 g/mol. The van der Waals surface area contributed by atoms with Crippen LogP contribution in [0.25, 0.3) is 0 Å². The number of hydrogen-bond donors (Lipinski definition) is 1. The van der Waals surface area contributed by atoms with Gasteiger partial charge in [0, 0.05) is 6.04 Å². The van der Waals surface area contributed by atoms with Crippen LogP contribution in [-0.4, -0.2) is 6.54 Å². The molecule has 0 saturated heterocycles. The molecule has 2 rings (SSSR count). The summed E-state index contributed by atoms with van der Waals surface area (Å²) in [4.78, 5) is 0. The van der Waals surface area contributed by atoms with Gasteiger partial charge in [0.05, 0.1) is 0 Å². The van der Waals surface area contributed by atoms with Crippen LogP contribution in [0.1, 0.15) is 70.0 Å². The lowest BCUT2D eigenvalue weighted by atomic mass is 9.88. The highest BCUT2D eigenvalue weighted by Crippen LogP contribution is 2.26. The summed E-state index contributed by atoms with van der Waals surface area (Å²) in [6.07, 6.45) is 8.29. The van der Waals surface area contributed by atoms with Gasteiger partial charge in [0.25, 0.3) is 0 Å².